The maximum Gasteiger partial charge on any atom is 0.222 e. The van der Waals surface area contributed by atoms with E-state index in [4.69, 9.17) is 4.52 Å². The van der Waals surface area contributed by atoms with Gasteiger partial charge in [0.05, 0.1) is 12.2 Å². The molecule has 0 aliphatic carbocycles. The molecule has 0 unspecified atom stereocenters. The molecule has 0 spiro atoms. The minimum absolute atomic E-state index is 0.00842. The predicted molar refractivity (Wildman–Crippen MR) is 83.4 cm³/mol. The zero-order chi connectivity index (χ0) is 16.1. The second kappa shape index (κ2) is 7.24. The summed E-state index contributed by atoms with van der Waals surface area (Å²) in [6.45, 7) is 9.30. The number of nitrogens with one attached hydrogen (secondary N) is 1. The summed E-state index contributed by atoms with van der Waals surface area (Å²) < 4.78 is 7.22. The van der Waals surface area contributed by atoms with Crippen molar-refractivity contribution >= 4 is 5.91 Å². The van der Waals surface area contributed by atoms with Crippen molar-refractivity contribution in [1.82, 2.24) is 20.0 Å². The molecule has 2 heterocycles. The average molecular weight is 304 g/mol. The molecule has 120 valence electrons. The molecule has 6 nitrogen and oxygen atoms in total. The lowest BCUT2D eigenvalue weighted by atomic mass is 10.1. The van der Waals surface area contributed by atoms with Crippen LogP contribution in [-0.2, 0) is 17.9 Å². The molecule has 1 amide bonds. The Morgan fingerprint density at radius 3 is 2.73 bits per heavy atom. The standard InChI is InChI=1S/C16H24N4O2/c1-11(2)14-9-13(22-19-14)10-18-15(21)5-7-20-8-6-17-16(20)12(3)4/h6,8-9,11-12H,5,7,10H2,1-4H3,(H,18,21). The van der Waals surface area contributed by atoms with Crippen LogP contribution in [0.5, 0.6) is 0 Å². The van der Waals surface area contributed by atoms with Gasteiger partial charge in [-0.25, -0.2) is 4.98 Å². The Balaban J connectivity index is 1.79. The minimum atomic E-state index is -0.00842. The highest BCUT2D eigenvalue weighted by Crippen LogP contribution is 2.14. The molecule has 0 bridgehead atoms. The van der Waals surface area contributed by atoms with Crippen LogP contribution >= 0.6 is 0 Å². The first-order valence-electron chi connectivity index (χ1n) is 7.70. The van der Waals surface area contributed by atoms with Gasteiger partial charge in [0.15, 0.2) is 5.76 Å². The number of nitrogens with zero attached hydrogens (tertiary/aromatic N) is 3. The average Bonchev–Trinajstić information content (AvgIpc) is 3.11. The number of amides is 1. The molecule has 0 radical (unpaired) electrons. The third-order valence-electron chi connectivity index (χ3n) is 3.47. The van der Waals surface area contributed by atoms with Gasteiger partial charge in [0.1, 0.15) is 5.82 Å². The first-order chi connectivity index (χ1) is 10.5. The van der Waals surface area contributed by atoms with Gasteiger partial charge in [-0.2, -0.15) is 0 Å². The van der Waals surface area contributed by atoms with Crippen molar-refractivity contribution in [3.63, 3.8) is 0 Å². The third-order valence-corrected chi connectivity index (χ3v) is 3.47. The van der Waals surface area contributed by atoms with Crippen LogP contribution in [0.1, 0.15) is 63.2 Å². The van der Waals surface area contributed by atoms with E-state index in [-0.39, 0.29) is 5.91 Å². The largest absolute Gasteiger partial charge is 0.359 e. The summed E-state index contributed by atoms with van der Waals surface area (Å²) in [5.41, 5.74) is 0.907. The maximum atomic E-state index is 11.9. The van der Waals surface area contributed by atoms with Crippen molar-refractivity contribution in [2.75, 3.05) is 0 Å². The molecule has 0 aliphatic heterocycles. The summed E-state index contributed by atoms with van der Waals surface area (Å²) in [6.07, 6.45) is 4.10. The molecule has 0 atom stereocenters. The summed E-state index contributed by atoms with van der Waals surface area (Å²) in [5, 5.41) is 6.83. The molecule has 0 aromatic carbocycles. The Bertz CT molecular complexity index is 613. The lowest BCUT2D eigenvalue weighted by Gasteiger charge is -2.10. The van der Waals surface area contributed by atoms with Crippen LogP contribution < -0.4 is 5.32 Å². The number of aromatic nitrogens is 3. The van der Waals surface area contributed by atoms with Gasteiger partial charge >= 0.3 is 0 Å². The number of imidazole rings is 1. The van der Waals surface area contributed by atoms with Crippen LogP contribution in [-0.4, -0.2) is 20.6 Å². The number of hydrogen-bond donors (Lipinski definition) is 1. The van der Waals surface area contributed by atoms with Crippen LogP contribution in [0.4, 0.5) is 0 Å². The summed E-state index contributed by atoms with van der Waals surface area (Å²) in [5.74, 6) is 2.35. The van der Waals surface area contributed by atoms with Crippen LogP contribution in [0.25, 0.3) is 0 Å². The Morgan fingerprint density at radius 1 is 1.32 bits per heavy atom. The molecule has 2 aromatic rings. The van der Waals surface area contributed by atoms with E-state index >= 15 is 0 Å². The van der Waals surface area contributed by atoms with Gasteiger partial charge < -0.3 is 14.4 Å². The fourth-order valence-electron chi connectivity index (χ4n) is 2.19. The molecule has 2 rings (SSSR count). The van der Waals surface area contributed by atoms with E-state index in [1.165, 1.54) is 0 Å². The second-order valence-corrected chi connectivity index (χ2v) is 6.03. The lowest BCUT2D eigenvalue weighted by molar-refractivity contribution is -0.121. The van der Waals surface area contributed by atoms with E-state index in [9.17, 15) is 4.79 Å². The Morgan fingerprint density at radius 2 is 2.09 bits per heavy atom. The molecular formula is C16H24N4O2. The summed E-state index contributed by atoms with van der Waals surface area (Å²) >= 11 is 0. The molecule has 0 saturated heterocycles. The van der Waals surface area contributed by atoms with Gasteiger partial charge in [0.2, 0.25) is 5.91 Å². The van der Waals surface area contributed by atoms with E-state index in [0.29, 0.717) is 37.1 Å². The number of carbonyl (C=O) groups excluding carboxylic acids is 1. The van der Waals surface area contributed by atoms with Crippen LogP contribution in [0.3, 0.4) is 0 Å². The van der Waals surface area contributed by atoms with E-state index < -0.39 is 0 Å². The zero-order valence-corrected chi connectivity index (χ0v) is 13.7. The molecule has 22 heavy (non-hydrogen) atoms. The molecular weight excluding hydrogens is 280 g/mol. The maximum absolute atomic E-state index is 11.9. The lowest BCUT2D eigenvalue weighted by Crippen LogP contribution is -2.24. The van der Waals surface area contributed by atoms with Crippen molar-refractivity contribution < 1.29 is 9.32 Å². The molecule has 0 fully saturated rings. The fraction of sp³-hybridized carbons (Fsp3) is 0.562. The Hall–Kier alpha value is -2.11. The summed E-state index contributed by atoms with van der Waals surface area (Å²) in [7, 11) is 0. The van der Waals surface area contributed by atoms with Crippen LogP contribution in [0.15, 0.2) is 23.0 Å². The quantitative estimate of drug-likeness (QED) is 0.853. The number of carbonyl (C=O) groups is 1. The molecule has 0 saturated carbocycles. The number of hydrogen-bond acceptors (Lipinski definition) is 4. The van der Waals surface area contributed by atoms with Crippen molar-refractivity contribution in [1.29, 1.82) is 0 Å². The first kappa shape index (κ1) is 16.3. The van der Waals surface area contributed by atoms with Crippen molar-refractivity contribution in [2.45, 2.75) is 59.0 Å². The van der Waals surface area contributed by atoms with Crippen molar-refractivity contribution in [2.24, 2.45) is 0 Å². The molecule has 2 aromatic heterocycles. The van der Waals surface area contributed by atoms with E-state index in [0.717, 1.165) is 11.5 Å². The van der Waals surface area contributed by atoms with Crippen LogP contribution in [0, 0.1) is 0 Å². The highest BCUT2D eigenvalue weighted by molar-refractivity contribution is 5.75. The van der Waals surface area contributed by atoms with Gasteiger partial charge in [-0.15, -0.1) is 0 Å². The normalized spacial score (nSPS) is 11.4. The topological polar surface area (TPSA) is 73.0 Å². The molecule has 0 aliphatic rings. The van der Waals surface area contributed by atoms with Gasteiger partial charge in [-0.3, -0.25) is 4.79 Å². The zero-order valence-electron chi connectivity index (χ0n) is 13.7. The van der Waals surface area contributed by atoms with E-state index in [1.807, 2.05) is 16.8 Å². The SMILES string of the molecule is CC(C)c1cc(CNC(=O)CCn2ccnc2C(C)C)on1. The monoisotopic (exact) mass is 304 g/mol. The number of aryl methyl sites for hydroxylation is 1. The van der Waals surface area contributed by atoms with Gasteiger partial charge in [0, 0.05) is 37.3 Å². The van der Waals surface area contributed by atoms with Crippen molar-refractivity contribution in [3.8, 4) is 0 Å². The fourth-order valence-corrected chi connectivity index (χ4v) is 2.19. The van der Waals surface area contributed by atoms with Gasteiger partial charge in [0.25, 0.3) is 0 Å². The molecule has 6 heteroatoms. The smallest absolute Gasteiger partial charge is 0.222 e. The first-order valence-corrected chi connectivity index (χ1v) is 7.70. The number of rotatable bonds is 7. The van der Waals surface area contributed by atoms with E-state index in [2.05, 4.69) is 43.2 Å². The highest BCUT2D eigenvalue weighted by Gasteiger charge is 2.11. The van der Waals surface area contributed by atoms with Crippen molar-refractivity contribution in [3.05, 3.63) is 35.7 Å². The van der Waals surface area contributed by atoms with E-state index in [1.54, 1.807) is 6.20 Å². The van der Waals surface area contributed by atoms with Gasteiger partial charge in [-0.1, -0.05) is 32.9 Å². The Labute approximate surface area is 130 Å². The predicted octanol–water partition coefficient (Wildman–Crippen LogP) is 2.82. The molecule has 1 N–H and O–H groups in total. The second-order valence-electron chi connectivity index (χ2n) is 6.03. The highest BCUT2D eigenvalue weighted by atomic mass is 16.5. The Kier molecular flexibility index (Phi) is 5.35. The van der Waals surface area contributed by atoms with Gasteiger partial charge in [-0.05, 0) is 5.92 Å². The van der Waals surface area contributed by atoms with Crippen LogP contribution in [0.2, 0.25) is 0 Å². The summed E-state index contributed by atoms with van der Waals surface area (Å²) in [6, 6.07) is 1.89. The summed E-state index contributed by atoms with van der Waals surface area (Å²) in [4.78, 5) is 16.2. The third kappa shape index (κ3) is 4.19. The minimum Gasteiger partial charge on any atom is -0.359 e.